The van der Waals surface area contributed by atoms with Crippen molar-refractivity contribution in [1.82, 2.24) is 0 Å². The van der Waals surface area contributed by atoms with Gasteiger partial charge in [-0.2, -0.15) is 0 Å². The summed E-state index contributed by atoms with van der Waals surface area (Å²) in [6.45, 7) is 0. The Kier molecular flexibility index (Phi) is 3.60. The van der Waals surface area contributed by atoms with E-state index < -0.39 is 31.6 Å². The molecule has 3 aromatic rings. The van der Waals surface area contributed by atoms with Crippen LogP contribution in [0.3, 0.4) is 0 Å². The number of allylic oxidation sites excluding steroid dienone is 2. The van der Waals surface area contributed by atoms with E-state index in [0.717, 1.165) is 0 Å². The summed E-state index contributed by atoms with van der Waals surface area (Å²) in [5, 5.41) is 0.596. The summed E-state index contributed by atoms with van der Waals surface area (Å²) < 4.78 is 31.3. The van der Waals surface area contributed by atoms with Crippen molar-refractivity contribution in [2.75, 3.05) is 0 Å². The number of carbonyl (C=O) groups is 2. The van der Waals surface area contributed by atoms with Crippen molar-refractivity contribution in [3.05, 3.63) is 95.7 Å². The molecular weight excluding hydrogens is 452 g/mol. The molecule has 0 N–H and O–H groups in total. The fourth-order valence-electron chi connectivity index (χ4n) is 5.57. The summed E-state index contributed by atoms with van der Waals surface area (Å²) in [5.74, 6) is 0.274. The molecule has 0 amide bonds. The predicted octanol–water partition coefficient (Wildman–Crippen LogP) is 4.22. The SMILES string of the molecule is O=C1OC(=O)C2(c3ccccc3)CC([Si-]34(Oc5ccccc5O3)Oc3ccccc3O4)=CCC12. The van der Waals surface area contributed by atoms with E-state index in [1.807, 2.05) is 60.7 Å². The summed E-state index contributed by atoms with van der Waals surface area (Å²) in [7, 11) is -4.83. The topological polar surface area (TPSA) is 80.3 Å². The van der Waals surface area contributed by atoms with Crippen LogP contribution >= 0.6 is 0 Å². The van der Waals surface area contributed by atoms with Gasteiger partial charge in [0.25, 0.3) is 0 Å². The van der Waals surface area contributed by atoms with Crippen molar-refractivity contribution in [1.29, 1.82) is 0 Å². The van der Waals surface area contributed by atoms with E-state index in [1.165, 1.54) is 0 Å². The molecule has 0 radical (unpaired) electrons. The minimum absolute atomic E-state index is 0.113. The monoisotopic (exact) mass is 471 g/mol. The zero-order valence-electron chi connectivity index (χ0n) is 17.9. The van der Waals surface area contributed by atoms with Crippen LogP contribution in [0, 0.1) is 5.92 Å². The van der Waals surface area contributed by atoms with E-state index in [4.69, 9.17) is 22.4 Å². The van der Waals surface area contributed by atoms with Gasteiger partial charge in [0.05, 0.1) is 0 Å². The van der Waals surface area contributed by atoms with E-state index in [0.29, 0.717) is 33.8 Å². The minimum atomic E-state index is -4.83. The Bertz CT molecular complexity index is 1300. The molecule has 7 nitrogen and oxygen atoms in total. The van der Waals surface area contributed by atoms with Crippen LogP contribution in [0.5, 0.6) is 23.0 Å². The second-order valence-corrected chi connectivity index (χ2v) is 12.2. The van der Waals surface area contributed by atoms with Crippen molar-refractivity contribution in [3.8, 4) is 23.0 Å². The maximum absolute atomic E-state index is 13.3. The molecule has 0 aromatic heterocycles. The van der Waals surface area contributed by atoms with Crippen LogP contribution in [0.1, 0.15) is 18.4 Å². The third kappa shape index (κ3) is 2.30. The number of ether oxygens (including phenoxy) is 1. The van der Waals surface area contributed by atoms with Crippen molar-refractivity contribution in [3.63, 3.8) is 0 Å². The van der Waals surface area contributed by atoms with E-state index in [9.17, 15) is 9.59 Å². The van der Waals surface area contributed by atoms with Gasteiger partial charge in [-0.15, -0.1) is 0 Å². The maximum atomic E-state index is 13.3. The fourth-order valence-corrected chi connectivity index (χ4v) is 9.56. The third-order valence-electron chi connectivity index (χ3n) is 7.16. The molecular formula is C26H19O7Si-. The Morgan fingerprint density at radius 1 is 0.706 bits per heavy atom. The van der Waals surface area contributed by atoms with Gasteiger partial charge >= 0.3 is 195 Å². The van der Waals surface area contributed by atoms with Crippen molar-refractivity contribution < 1.29 is 32.0 Å². The number of para-hydroxylation sites is 4. The molecule has 1 aliphatic carbocycles. The number of esters is 2. The van der Waals surface area contributed by atoms with E-state index in [1.54, 1.807) is 24.3 Å². The Hall–Kier alpha value is -4.04. The second kappa shape index (κ2) is 6.30. The van der Waals surface area contributed by atoms with Crippen LogP contribution in [0.4, 0.5) is 0 Å². The van der Waals surface area contributed by atoms with Crippen LogP contribution in [-0.4, -0.2) is 20.3 Å². The standard InChI is InChI=1S/C26H19O7Si/c27-24-19-15-14-18(16-26(19,25(28)29-24)17-8-2-1-3-9-17)34(30-20-10-4-5-11-21(20)31-34)32-22-12-6-7-13-23(22)33-34/h1-14,19H,15-16H2/q-1. The first-order valence-electron chi connectivity index (χ1n) is 11.2. The zero-order valence-corrected chi connectivity index (χ0v) is 18.9. The molecule has 3 aromatic carbocycles. The van der Waals surface area contributed by atoms with Crippen molar-refractivity contribution in [2.24, 2.45) is 5.92 Å². The molecule has 1 fully saturated rings. The molecule has 2 unspecified atom stereocenters. The quantitative estimate of drug-likeness (QED) is 0.315. The first-order valence-corrected chi connectivity index (χ1v) is 13.3. The van der Waals surface area contributed by atoms with Gasteiger partial charge in [0.1, 0.15) is 0 Å². The van der Waals surface area contributed by atoms with Gasteiger partial charge < -0.3 is 0 Å². The van der Waals surface area contributed by atoms with Gasteiger partial charge in [0.2, 0.25) is 0 Å². The molecule has 8 heteroatoms. The molecule has 7 rings (SSSR count). The van der Waals surface area contributed by atoms with E-state index in [2.05, 4.69) is 0 Å². The first kappa shape index (κ1) is 19.4. The zero-order chi connectivity index (χ0) is 23.0. The number of hydrogen-bond acceptors (Lipinski definition) is 7. The van der Waals surface area contributed by atoms with Gasteiger partial charge in [-0.25, -0.2) is 0 Å². The molecule has 0 saturated carbocycles. The molecule has 34 heavy (non-hydrogen) atoms. The van der Waals surface area contributed by atoms with Crippen LogP contribution in [0.15, 0.2) is 90.1 Å². The summed E-state index contributed by atoms with van der Waals surface area (Å²) in [4.78, 5) is 26.0. The average molecular weight is 472 g/mol. The first-order chi connectivity index (χ1) is 16.5. The molecule has 4 aliphatic rings. The molecule has 3 heterocycles. The third-order valence-corrected chi connectivity index (χ3v) is 10.9. The Labute approximate surface area is 195 Å². The number of cyclic esters (lactones) is 2. The van der Waals surface area contributed by atoms with Crippen LogP contribution in [0.25, 0.3) is 0 Å². The normalized spacial score (nSPS) is 27.9. The van der Waals surface area contributed by atoms with Gasteiger partial charge in [-0.3, -0.25) is 0 Å². The average Bonchev–Trinajstić information content (AvgIpc) is 3.47. The van der Waals surface area contributed by atoms with Crippen molar-refractivity contribution >= 4 is 20.3 Å². The molecule has 0 bridgehead atoms. The van der Waals surface area contributed by atoms with Gasteiger partial charge in [-0.1, -0.05) is 0 Å². The van der Waals surface area contributed by atoms with Crippen molar-refractivity contribution in [2.45, 2.75) is 18.3 Å². The number of hydrogen-bond donors (Lipinski definition) is 0. The second-order valence-electron chi connectivity index (χ2n) is 8.95. The van der Waals surface area contributed by atoms with E-state index in [-0.39, 0.29) is 12.8 Å². The molecule has 3 aliphatic heterocycles. The Morgan fingerprint density at radius 3 is 1.74 bits per heavy atom. The summed E-state index contributed by atoms with van der Waals surface area (Å²) in [6.07, 6.45) is 2.25. The van der Waals surface area contributed by atoms with E-state index >= 15 is 0 Å². The number of benzene rings is 3. The van der Waals surface area contributed by atoms with Crippen LogP contribution in [-0.2, 0) is 19.7 Å². The Balaban J connectivity index is 1.42. The number of rotatable bonds is 2. The van der Waals surface area contributed by atoms with Crippen LogP contribution < -0.4 is 17.7 Å². The Morgan fingerprint density at radius 2 is 1.21 bits per heavy atom. The molecule has 1 spiro atoms. The summed E-state index contributed by atoms with van der Waals surface area (Å²) in [6, 6.07) is 23.8. The molecule has 1 saturated heterocycles. The van der Waals surface area contributed by atoms with Crippen LogP contribution in [0.2, 0.25) is 0 Å². The summed E-state index contributed by atoms with van der Waals surface area (Å²) >= 11 is 0. The molecule has 2 atom stereocenters. The predicted molar refractivity (Wildman–Crippen MR) is 121 cm³/mol. The van der Waals surface area contributed by atoms with Gasteiger partial charge in [0, 0.05) is 0 Å². The van der Waals surface area contributed by atoms with Gasteiger partial charge in [-0.05, 0) is 0 Å². The number of fused-ring (bicyclic) bond motifs is 3. The summed E-state index contributed by atoms with van der Waals surface area (Å²) in [5.41, 5.74) is -0.514. The van der Waals surface area contributed by atoms with Gasteiger partial charge in [0.15, 0.2) is 0 Å². The number of carbonyl (C=O) groups excluding carboxylic acids is 2. The molecule has 170 valence electrons. The fraction of sp³-hybridized carbons (Fsp3) is 0.154.